The molecule has 0 heterocycles. The lowest BCUT2D eigenvalue weighted by molar-refractivity contribution is -0.121. The Hall–Kier alpha value is 0.317. The number of ketones is 1. The predicted octanol–water partition coefficient (Wildman–Crippen LogP) is 5.97. The second kappa shape index (κ2) is 8.82. The number of rotatable bonds is 8. The van der Waals surface area contributed by atoms with Gasteiger partial charge in [0.1, 0.15) is 5.78 Å². The predicted molar refractivity (Wildman–Crippen MR) is 103 cm³/mol. The van der Waals surface area contributed by atoms with Gasteiger partial charge in [0.15, 0.2) is 8.32 Å². The lowest BCUT2D eigenvalue weighted by atomic mass is 9.97. The van der Waals surface area contributed by atoms with Gasteiger partial charge < -0.3 is 4.43 Å². The molecule has 0 aromatic rings. The summed E-state index contributed by atoms with van der Waals surface area (Å²) in [4.78, 5) is 12.1. The highest BCUT2D eigenvalue weighted by Gasteiger charge is 2.37. The molecule has 0 spiro atoms. The summed E-state index contributed by atoms with van der Waals surface area (Å²) in [6.45, 7) is 18.3. The average molecular weight is 424 g/mol. The molecule has 2 atom stereocenters. The van der Waals surface area contributed by atoms with Crippen LogP contribution in [0.2, 0.25) is 18.1 Å². The number of Topliss-reactive ketones (excluding diaryl/α,β-unsaturated/α-hetero) is 1. The van der Waals surface area contributed by atoms with Crippen LogP contribution in [0.1, 0.15) is 54.4 Å². The molecule has 0 aromatic heterocycles. The fraction of sp³-hybridized carbons (Fsp3) is 0.824. The van der Waals surface area contributed by atoms with Gasteiger partial charge in [0.25, 0.3) is 0 Å². The Labute approximate surface area is 146 Å². The maximum Gasteiger partial charge on any atom is 0.191 e. The van der Waals surface area contributed by atoms with Crippen molar-refractivity contribution in [2.45, 2.75) is 72.5 Å². The summed E-state index contributed by atoms with van der Waals surface area (Å²) >= 11 is 2.26. The van der Waals surface area contributed by atoms with Crippen molar-refractivity contribution in [2.24, 2.45) is 11.8 Å². The number of carbonyl (C=O) groups excluding carboxylic acids is 1. The van der Waals surface area contributed by atoms with Gasteiger partial charge in [0.05, 0.1) is 0 Å². The van der Waals surface area contributed by atoms with Crippen molar-refractivity contribution >= 4 is 36.7 Å². The van der Waals surface area contributed by atoms with E-state index >= 15 is 0 Å². The summed E-state index contributed by atoms with van der Waals surface area (Å²) in [5.74, 6) is 0.820. The monoisotopic (exact) mass is 424 g/mol. The Balaban J connectivity index is 4.21. The number of hydrogen-bond donors (Lipinski definition) is 0. The van der Waals surface area contributed by atoms with Crippen LogP contribution in [0.4, 0.5) is 0 Å². The van der Waals surface area contributed by atoms with Crippen LogP contribution in [0.5, 0.6) is 0 Å². The molecule has 0 rings (SSSR count). The smallest absolute Gasteiger partial charge is 0.191 e. The number of allylic oxidation sites excluding steroid dienone is 2. The molecule has 0 aromatic carbocycles. The zero-order chi connectivity index (χ0) is 16.8. The maximum atomic E-state index is 12.1. The first-order valence-corrected chi connectivity index (χ1v) is 11.9. The van der Waals surface area contributed by atoms with E-state index in [9.17, 15) is 4.79 Å². The summed E-state index contributed by atoms with van der Waals surface area (Å²) in [7, 11) is -1.66. The molecule has 0 fully saturated rings. The van der Waals surface area contributed by atoms with E-state index in [1.165, 1.54) is 3.58 Å². The van der Waals surface area contributed by atoms with Crippen molar-refractivity contribution in [3.05, 3.63) is 9.66 Å². The van der Waals surface area contributed by atoms with E-state index in [0.717, 1.165) is 13.0 Å². The second-order valence-electron chi connectivity index (χ2n) is 7.72. The minimum Gasteiger partial charge on any atom is -0.417 e. The third kappa shape index (κ3) is 8.50. The third-order valence-corrected chi connectivity index (χ3v) is 9.27. The largest absolute Gasteiger partial charge is 0.417 e. The highest BCUT2D eigenvalue weighted by atomic mass is 127. The normalized spacial score (nSPS) is 16.7. The molecular weight excluding hydrogens is 391 g/mol. The Morgan fingerprint density at radius 2 is 1.81 bits per heavy atom. The van der Waals surface area contributed by atoms with Crippen LogP contribution in [-0.2, 0) is 9.22 Å². The van der Waals surface area contributed by atoms with Gasteiger partial charge in [-0.2, -0.15) is 0 Å². The number of carbonyl (C=O) groups is 1. The van der Waals surface area contributed by atoms with Crippen molar-refractivity contribution < 1.29 is 9.22 Å². The zero-order valence-corrected chi connectivity index (χ0v) is 18.2. The van der Waals surface area contributed by atoms with Crippen LogP contribution in [0, 0.1) is 11.8 Å². The molecule has 0 amide bonds. The lowest BCUT2D eigenvalue weighted by Gasteiger charge is -2.37. The van der Waals surface area contributed by atoms with Gasteiger partial charge in [-0.3, -0.25) is 4.79 Å². The molecule has 21 heavy (non-hydrogen) atoms. The van der Waals surface area contributed by atoms with Crippen molar-refractivity contribution in [2.75, 3.05) is 6.61 Å². The Morgan fingerprint density at radius 1 is 1.29 bits per heavy atom. The van der Waals surface area contributed by atoms with E-state index in [0.29, 0.717) is 18.1 Å². The molecule has 0 unspecified atom stereocenters. The Kier molecular flexibility index (Phi) is 8.95. The van der Waals surface area contributed by atoms with Gasteiger partial charge in [0, 0.05) is 18.9 Å². The van der Waals surface area contributed by atoms with E-state index in [4.69, 9.17) is 4.43 Å². The van der Waals surface area contributed by atoms with E-state index in [2.05, 4.69) is 63.4 Å². The van der Waals surface area contributed by atoms with Crippen molar-refractivity contribution in [3.8, 4) is 0 Å². The van der Waals surface area contributed by atoms with Crippen molar-refractivity contribution in [1.82, 2.24) is 0 Å². The fourth-order valence-electron chi connectivity index (χ4n) is 1.70. The minimum atomic E-state index is -1.66. The van der Waals surface area contributed by atoms with Crippen molar-refractivity contribution in [1.29, 1.82) is 0 Å². The summed E-state index contributed by atoms with van der Waals surface area (Å²) < 4.78 is 7.41. The SMILES string of the molecule is C/C(I)=C\[C@H](C)C(=O)CC[C@@H](C)CO[Si](C)(C)C(C)(C)C. The maximum absolute atomic E-state index is 12.1. The van der Waals surface area contributed by atoms with Gasteiger partial charge in [-0.25, -0.2) is 0 Å². The number of hydrogen-bond acceptors (Lipinski definition) is 2. The van der Waals surface area contributed by atoms with Crippen LogP contribution in [0.3, 0.4) is 0 Å². The second-order valence-corrected chi connectivity index (χ2v) is 14.2. The molecule has 2 nitrogen and oxygen atoms in total. The summed E-state index contributed by atoms with van der Waals surface area (Å²) in [5.41, 5.74) is 0. The highest BCUT2D eigenvalue weighted by Crippen LogP contribution is 2.36. The van der Waals surface area contributed by atoms with Gasteiger partial charge >= 0.3 is 0 Å². The molecule has 124 valence electrons. The van der Waals surface area contributed by atoms with Crippen LogP contribution in [0.15, 0.2) is 9.66 Å². The van der Waals surface area contributed by atoms with E-state index in [-0.39, 0.29) is 11.0 Å². The average Bonchev–Trinajstić information content (AvgIpc) is 2.31. The number of halogens is 1. The molecule has 0 aliphatic heterocycles. The molecule has 0 aliphatic carbocycles. The van der Waals surface area contributed by atoms with Crippen LogP contribution >= 0.6 is 22.6 Å². The fourth-order valence-corrected chi connectivity index (χ4v) is 3.38. The van der Waals surface area contributed by atoms with Gasteiger partial charge in [0.2, 0.25) is 0 Å². The molecule has 0 radical (unpaired) electrons. The molecule has 0 saturated heterocycles. The lowest BCUT2D eigenvalue weighted by Crippen LogP contribution is -2.41. The van der Waals surface area contributed by atoms with Crippen LogP contribution in [-0.4, -0.2) is 20.7 Å². The zero-order valence-electron chi connectivity index (χ0n) is 15.0. The van der Waals surface area contributed by atoms with Gasteiger partial charge in [-0.1, -0.05) is 40.7 Å². The first-order valence-electron chi connectivity index (χ1n) is 7.87. The standard InChI is InChI=1S/C17H33IO2Si/c1-13(12-20-21(7,8)17(4,5)6)9-10-16(19)14(2)11-15(3)18/h11,13-14H,9-10,12H2,1-8H3/b15-11+/t13-,14+/m1/s1. The highest BCUT2D eigenvalue weighted by molar-refractivity contribution is 14.1. The first kappa shape index (κ1) is 21.3. The van der Waals surface area contributed by atoms with Gasteiger partial charge in [-0.05, 0) is 63.6 Å². The quantitative estimate of drug-likeness (QED) is 0.355. The van der Waals surface area contributed by atoms with Crippen molar-refractivity contribution in [3.63, 3.8) is 0 Å². The minimum absolute atomic E-state index is 0.0374. The molecule has 0 saturated carbocycles. The van der Waals surface area contributed by atoms with E-state index in [1.54, 1.807) is 0 Å². The Morgan fingerprint density at radius 3 is 2.24 bits per heavy atom. The van der Waals surface area contributed by atoms with E-state index < -0.39 is 8.32 Å². The van der Waals surface area contributed by atoms with Crippen LogP contribution < -0.4 is 0 Å². The molecule has 0 aliphatic rings. The molecule has 0 N–H and O–H groups in total. The summed E-state index contributed by atoms with van der Waals surface area (Å²) in [6.07, 6.45) is 3.62. The molecule has 4 heteroatoms. The summed E-state index contributed by atoms with van der Waals surface area (Å²) in [6, 6.07) is 0. The topological polar surface area (TPSA) is 26.3 Å². The van der Waals surface area contributed by atoms with Crippen LogP contribution in [0.25, 0.3) is 0 Å². The van der Waals surface area contributed by atoms with E-state index in [1.807, 2.05) is 19.9 Å². The van der Waals surface area contributed by atoms with Gasteiger partial charge in [-0.15, -0.1) is 0 Å². The molecular formula is C17H33IO2Si. The molecule has 0 bridgehead atoms. The first-order chi connectivity index (χ1) is 9.36. The third-order valence-electron chi connectivity index (χ3n) is 4.41. The Bertz CT molecular complexity index is 365. The summed E-state index contributed by atoms with van der Waals surface area (Å²) in [5, 5.41) is 0.250.